The summed E-state index contributed by atoms with van der Waals surface area (Å²) in [4.78, 5) is 0. The van der Waals surface area contributed by atoms with Crippen molar-refractivity contribution in [1.29, 1.82) is 0 Å². The summed E-state index contributed by atoms with van der Waals surface area (Å²) in [6.45, 7) is 0. The second kappa shape index (κ2) is 4.79. The third kappa shape index (κ3) is 3.41. The minimum atomic E-state index is 0.361. The first-order valence-corrected chi connectivity index (χ1v) is 5.10. The Morgan fingerprint density at radius 1 is 0.833 bits per heavy atom. The second-order valence-corrected chi connectivity index (χ2v) is 3.52. The van der Waals surface area contributed by atoms with Crippen molar-refractivity contribution in [3.05, 3.63) is 33.7 Å². The molecule has 0 aliphatic rings. The van der Waals surface area contributed by atoms with E-state index in [4.69, 9.17) is 10.2 Å². The molecule has 4 heteroatoms. The highest BCUT2D eigenvalue weighted by Crippen LogP contribution is 2.11. The molecule has 2 heterocycles. The fourth-order valence-electron chi connectivity index (χ4n) is 0.515. The van der Waals surface area contributed by atoms with Gasteiger partial charge in [-0.2, -0.15) is 0 Å². The van der Waals surface area contributed by atoms with Gasteiger partial charge in [-0.05, 0) is 22.9 Å². The summed E-state index contributed by atoms with van der Waals surface area (Å²) in [5.41, 5.74) is 0. The summed E-state index contributed by atoms with van der Waals surface area (Å²) in [5.74, 6) is 0.722. The van der Waals surface area contributed by atoms with Gasteiger partial charge in [0.15, 0.2) is 0 Å². The van der Waals surface area contributed by atoms with Crippen LogP contribution in [-0.2, 0) is 0 Å². The average Bonchev–Trinajstić information content (AvgIpc) is 2.63. The van der Waals surface area contributed by atoms with E-state index in [1.54, 1.807) is 22.9 Å². The van der Waals surface area contributed by atoms with Crippen LogP contribution < -0.4 is 0 Å². The van der Waals surface area contributed by atoms with Crippen LogP contribution in [0.4, 0.5) is 0 Å². The highest BCUT2D eigenvalue weighted by atomic mass is 32.1. The average molecular weight is 200 g/mol. The number of hydrogen-bond acceptors (Lipinski definition) is 4. The second-order valence-electron chi connectivity index (χ2n) is 1.96. The third-order valence-corrected chi connectivity index (χ3v) is 2.35. The Morgan fingerprint density at radius 2 is 1.25 bits per heavy atom. The molecular formula is C8H8O2S2. The van der Waals surface area contributed by atoms with Gasteiger partial charge in [-0.15, -0.1) is 22.7 Å². The molecule has 0 saturated carbocycles. The number of aromatic hydroxyl groups is 2. The molecule has 0 spiro atoms. The van der Waals surface area contributed by atoms with Crippen molar-refractivity contribution >= 4 is 22.7 Å². The molecule has 0 saturated heterocycles. The van der Waals surface area contributed by atoms with Gasteiger partial charge in [0.25, 0.3) is 0 Å². The van der Waals surface area contributed by atoms with E-state index < -0.39 is 0 Å². The molecule has 64 valence electrons. The zero-order valence-corrected chi connectivity index (χ0v) is 7.81. The Morgan fingerprint density at radius 3 is 1.33 bits per heavy atom. The van der Waals surface area contributed by atoms with Crippen LogP contribution in [0.25, 0.3) is 0 Å². The molecule has 2 N–H and O–H groups in total. The smallest absolute Gasteiger partial charge is 0.126 e. The third-order valence-electron chi connectivity index (χ3n) is 1.01. The minimum Gasteiger partial charge on any atom is -0.507 e. The first-order chi connectivity index (χ1) is 5.79. The molecule has 2 rings (SSSR count). The Bertz CT molecular complexity index is 254. The maximum Gasteiger partial charge on any atom is 0.126 e. The summed E-state index contributed by atoms with van der Waals surface area (Å²) in [5, 5.41) is 24.0. The summed E-state index contributed by atoms with van der Waals surface area (Å²) in [6.07, 6.45) is 0. The molecule has 0 aliphatic carbocycles. The Labute approximate surface area is 78.4 Å². The van der Waals surface area contributed by atoms with Gasteiger partial charge in [0.2, 0.25) is 0 Å². The van der Waals surface area contributed by atoms with Gasteiger partial charge >= 0.3 is 0 Å². The Kier molecular flexibility index (Phi) is 3.63. The lowest BCUT2D eigenvalue weighted by Crippen LogP contribution is -1.39. The lowest BCUT2D eigenvalue weighted by molar-refractivity contribution is 0.477. The lowest BCUT2D eigenvalue weighted by atomic mass is 10.6. The Hall–Kier alpha value is -1.00. The molecular weight excluding hydrogens is 192 g/mol. The zero-order valence-electron chi connectivity index (χ0n) is 6.18. The van der Waals surface area contributed by atoms with E-state index in [1.165, 1.54) is 22.7 Å². The first kappa shape index (κ1) is 9.09. The van der Waals surface area contributed by atoms with E-state index in [0.717, 1.165) is 0 Å². The van der Waals surface area contributed by atoms with Crippen LogP contribution in [-0.4, -0.2) is 10.2 Å². The monoisotopic (exact) mass is 200 g/mol. The van der Waals surface area contributed by atoms with Gasteiger partial charge < -0.3 is 10.2 Å². The van der Waals surface area contributed by atoms with E-state index >= 15 is 0 Å². The molecule has 0 unspecified atom stereocenters. The first-order valence-electron chi connectivity index (χ1n) is 3.21. The van der Waals surface area contributed by atoms with Gasteiger partial charge in [-0.25, -0.2) is 0 Å². The van der Waals surface area contributed by atoms with Crippen molar-refractivity contribution in [2.24, 2.45) is 0 Å². The van der Waals surface area contributed by atoms with Crippen molar-refractivity contribution in [3.63, 3.8) is 0 Å². The van der Waals surface area contributed by atoms with Crippen LogP contribution in [0.1, 0.15) is 0 Å². The fraction of sp³-hybridized carbons (Fsp3) is 0. The molecule has 0 aromatic carbocycles. The standard InChI is InChI=1S/2C4H4OS/c2*5-4-1-2-6-3-4/h2*1-3,5H. The van der Waals surface area contributed by atoms with E-state index in [0.29, 0.717) is 11.5 Å². The zero-order chi connectivity index (χ0) is 8.81. The summed E-state index contributed by atoms with van der Waals surface area (Å²) >= 11 is 2.98. The van der Waals surface area contributed by atoms with Crippen LogP contribution in [0.2, 0.25) is 0 Å². The van der Waals surface area contributed by atoms with Gasteiger partial charge in [-0.1, -0.05) is 0 Å². The van der Waals surface area contributed by atoms with Gasteiger partial charge in [0, 0.05) is 10.8 Å². The number of rotatable bonds is 0. The Balaban J connectivity index is 0.000000120. The molecule has 0 bridgehead atoms. The van der Waals surface area contributed by atoms with E-state index in [1.807, 2.05) is 10.8 Å². The summed E-state index contributed by atoms with van der Waals surface area (Å²) in [7, 11) is 0. The molecule has 2 aromatic rings. The molecule has 0 amide bonds. The highest BCUT2D eigenvalue weighted by molar-refractivity contribution is 7.08. The fourth-order valence-corrected chi connectivity index (χ4v) is 1.54. The largest absolute Gasteiger partial charge is 0.507 e. The lowest BCUT2D eigenvalue weighted by Gasteiger charge is -1.67. The van der Waals surface area contributed by atoms with Crippen molar-refractivity contribution < 1.29 is 10.2 Å². The number of thiophene rings is 2. The van der Waals surface area contributed by atoms with Crippen molar-refractivity contribution in [1.82, 2.24) is 0 Å². The molecule has 2 aromatic heterocycles. The van der Waals surface area contributed by atoms with Gasteiger partial charge in [-0.3, -0.25) is 0 Å². The molecule has 12 heavy (non-hydrogen) atoms. The summed E-state index contributed by atoms with van der Waals surface area (Å²) < 4.78 is 0. The topological polar surface area (TPSA) is 40.5 Å². The van der Waals surface area contributed by atoms with Gasteiger partial charge in [0.1, 0.15) is 11.5 Å². The van der Waals surface area contributed by atoms with Crippen LogP contribution in [0.5, 0.6) is 11.5 Å². The highest BCUT2D eigenvalue weighted by Gasteiger charge is 1.78. The van der Waals surface area contributed by atoms with Crippen LogP contribution >= 0.6 is 22.7 Å². The molecule has 0 fully saturated rings. The molecule has 0 radical (unpaired) electrons. The SMILES string of the molecule is Oc1ccsc1.Oc1ccsc1. The summed E-state index contributed by atoms with van der Waals surface area (Å²) in [6, 6.07) is 3.31. The van der Waals surface area contributed by atoms with E-state index in [9.17, 15) is 0 Å². The van der Waals surface area contributed by atoms with Crippen molar-refractivity contribution in [2.45, 2.75) is 0 Å². The van der Waals surface area contributed by atoms with Gasteiger partial charge in [0.05, 0.1) is 0 Å². The molecule has 2 nitrogen and oxygen atoms in total. The maximum absolute atomic E-state index is 8.48. The van der Waals surface area contributed by atoms with Crippen molar-refractivity contribution in [2.75, 3.05) is 0 Å². The number of hydrogen-bond donors (Lipinski definition) is 2. The predicted octanol–water partition coefficient (Wildman–Crippen LogP) is 2.91. The normalized spacial score (nSPS) is 8.67. The van der Waals surface area contributed by atoms with Crippen LogP contribution in [0.15, 0.2) is 33.7 Å². The predicted molar refractivity (Wildman–Crippen MR) is 52.0 cm³/mol. The van der Waals surface area contributed by atoms with Crippen molar-refractivity contribution in [3.8, 4) is 11.5 Å². The van der Waals surface area contributed by atoms with Crippen LogP contribution in [0, 0.1) is 0 Å². The maximum atomic E-state index is 8.48. The minimum absolute atomic E-state index is 0.361. The molecule has 0 atom stereocenters. The van der Waals surface area contributed by atoms with Crippen LogP contribution in [0.3, 0.4) is 0 Å². The van der Waals surface area contributed by atoms with E-state index in [-0.39, 0.29) is 0 Å². The molecule has 0 aliphatic heterocycles. The van der Waals surface area contributed by atoms with E-state index in [2.05, 4.69) is 0 Å². The quantitative estimate of drug-likeness (QED) is 0.686.